The normalized spacial score (nSPS) is 14.4. The van der Waals surface area contributed by atoms with Crippen molar-refractivity contribution in [3.63, 3.8) is 0 Å². The lowest BCUT2D eigenvalue weighted by Crippen LogP contribution is -2.67. The standard InChI is InChI=1S/C31H50O4Si2.C27H40O5Si/c1-10-31(11-2,35-36(7,8)9)24-26(22-23-29(32)33-6)25-34-37(30(3,4)5,27-18-14-12-15-19-27)28-20-16-13-17-21-28;1-6-27(30,21-28)19-22(17-18-25(29)31-5)20-32-33(26(2,3)4,23-13-9-7-10-14-23)24-15-11-8-12-16-24/h12-21,26H,10-11,22-25H2,1-9H3;7-16,22,28,30H,6,17-21H2,1-5H3/t26-;22-,27+/m11/s1. The van der Waals surface area contributed by atoms with E-state index in [0.29, 0.717) is 38.9 Å². The lowest BCUT2D eigenvalue weighted by atomic mass is 9.84. The largest absolute Gasteiger partial charge is 0.469 e. The third-order valence-corrected chi connectivity index (χ3v) is 25.0. The van der Waals surface area contributed by atoms with Gasteiger partial charge in [0, 0.05) is 26.1 Å². The number of benzene rings is 4. The monoisotopic (exact) mass is 1010 g/mol. The molecule has 0 saturated heterocycles. The van der Waals surface area contributed by atoms with E-state index in [9.17, 15) is 19.8 Å². The minimum absolute atomic E-state index is 0.0932. The van der Waals surface area contributed by atoms with Crippen LogP contribution in [0.3, 0.4) is 0 Å². The molecule has 2 N–H and O–H groups in total. The van der Waals surface area contributed by atoms with E-state index in [2.05, 4.69) is 160 Å². The third-order valence-electron chi connectivity index (χ3n) is 14.0. The van der Waals surface area contributed by atoms with E-state index in [-0.39, 0.29) is 52.5 Å². The summed E-state index contributed by atoms with van der Waals surface area (Å²) in [5.41, 5.74) is -1.41. The van der Waals surface area contributed by atoms with Gasteiger partial charge in [0.1, 0.15) is 0 Å². The van der Waals surface area contributed by atoms with Crippen molar-refractivity contribution in [3.8, 4) is 0 Å². The predicted octanol–water partition coefficient (Wildman–Crippen LogP) is 10.6. The van der Waals surface area contributed by atoms with Crippen LogP contribution in [0.2, 0.25) is 29.7 Å². The van der Waals surface area contributed by atoms with Gasteiger partial charge in [-0.25, -0.2) is 0 Å². The smallest absolute Gasteiger partial charge is 0.305 e. The van der Waals surface area contributed by atoms with Crippen LogP contribution in [0.5, 0.6) is 0 Å². The molecule has 0 heterocycles. The van der Waals surface area contributed by atoms with Crippen LogP contribution in [-0.2, 0) is 32.3 Å². The molecule has 70 heavy (non-hydrogen) atoms. The first kappa shape index (κ1) is 60.6. The molecule has 0 unspecified atom stereocenters. The van der Waals surface area contributed by atoms with Gasteiger partial charge in [0.25, 0.3) is 16.6 Å². The zero-order valence-corrected chi connectivity index (χ0v) is 48.4. The molecule has 9 nitrogen and oxygen atoms in total. The highest BCUT2D eigenvalue weighted by Crippen LogP contribution is 2.40. The van der Waals surface area contributed by atoms with Crippen LogP contribution in [0.25, 0.3) is 0 Å². The van der Waals surface area contributed by atoms with Gasteiger partial charge in [0.2, 0.25) is 0 Å². The van der Waals surface area contributed by atoms with E-state index in [1.807, 2.05) is 43.3 Å². The van der Waals surface area contributed by atoms with Crippen LogP contribution in [0, 0.1) is 11.8 Å². The zero-order chi connectivity index (χ0) is 52.3. The van der Waals surface area contributed by atoms with Crippen molar-refractivity contribution in [2.75, 3.05) is 34.0 Å². The van der Waals surface area contributed by atoms with Crippen LogP contribution < -0.4 is 20.7 Å². The molecule has 12 heteroatoms. The summed E-state index contributed by atoms with van der Waals surface area (Å²) in [6, 6.07) is 42.3. The van der Waals surface area contributed by atoms with Crippen LogP contribution in [0.4, 0.5) is 0 Å². The highest BCUT2D eigenvalue weighted by molar-refractivity contribution is 7.00. The number of rotatable bonds is 26. The molecule has 0 aliphatic heterocycles. The van der Waals surface area contributed by atoms with E-state index >= 15 is 0 Å². The molecule has 0 amide bonds. The Hall–Kier alpha value is -3.73. The molecule has 0 aliphatic carbocycles. The van der Waals surface area contributed by atoms with Gasteiger partial charge >= 0.3 is 11.9 Å². The maximum absolute atomic E-state index is 12.2. The van der Waals surface area contributed by atoms with Crippen LogP contribution in [0.15, 0.2) is 121 Å². The Labute approximate surface area is 426 Å². The van der Waals surface area contributed by atoms with Crippen LogP contribution in [-0.4, -0.2) is 92.3 Å². The van der Waals surface area contributed by atoms with Gasteiger partial charge in [-0.05, 0) is 107 Å². The Morgan fingerprint density at radius 1 is 0.529 bits per heavy atom. The first-order valence-corrected chi connectivity index (χ1v) is 32.8. The number of carbonyl (C=O) groups is 2. The van der Waals surface area contributed by atoms with Gasteiger partial charge in [-0.1, -0.05) is 184 Å². The molecule has 0 fully saturated rings. The molecule has 3 atom stereocenters. The fourth-order valence-corrected chi connectivity index (χ4v) is 21.1. The number of aliphatic hydroxyl groups is 2. The summed E-state index contributed by atoms with van der Waals surface area (Å²) >= 11 is 0. The molecule has 0 spiro atoms. The highest BCUT2D eigenvalue weighted by atomic mass is 28.4. The Morgan fingerprint density at radius 3 is 1.09 bits per heavy atom. The van der Waals surface area contributed by atoms with Gasteiger partial charge in [0.05, 0.1) is 32.0 Å². The van der Waals surface area contributed by atoms with Crippen molar-refractivity contribution in [2.45, 2.75) is 161 Å². The average molecular weight is 1020 g/mol. The molecule has 0 bridgehead atoms. The molecule has 0 aromatic heterocycles. The minimum Gasteiger partial charge on any atom is -0.469 e. The molecule has 0 saturated carbocycles. The van der Waals surface area contributed by atoms with Gasteiger partial charge in [-0.2, -0.15) is 0 Å². The van der Waals surface area contributed by atoms with E-state index in [1.165, 1.54) is 35.0 Å². The highest BCUT2D eigenvalue weighted by Gasteiger charge is 2.52. The Morgan fingerprint density at radius 2 is 0.843 bits per heavy atom. The van der Waals surface area contributed by atoms with E-state index in [1.54, 1.807) is 0 Å². The second-order valence-corrected chi connectivity index (χ2v) is 35.2. The minimum atomic E-state index is -2.73. The number of hydrogen-bond donors (Lipinski definition) is 2. The molecular formula is C58H90O9Si3. The summed E-state index contributed by atoms with van der Waals surface area (Å²) in [6.07, 6.45) is 5.43. The van der Waals surface area contributed by atoms with Crippen molar-refractivity contribution in [1.82, 2.24) is 0 Å². The molecule has 4 aromatic rings. The fraction of sp³-hybridized carbons (Fsp3) is 0.552. The summed E-state index contributed by atoms with van der Waals surface area (Å²) in [7, 11) is -4.33. The van der Waals surface area contributed by atoms with Crippen molar-refractivity contribution in [3.05, 3.63) is 121 Å². The van der Waals surface area contributed by atoms with Crippen molar-refractivity contribution in [2.24, 2.45) is 11.8 Å². The second kappa shape index (κ2) is 27.4. The molecule has 4 aromatic carbocycles. The number of ether oxygens (including phenoxy) is 2. The summed E-state index contributed by atoms with van der Waals surface area (Å²) < 4.78 is 31.0. The van der Waals surface area contributed by atoms with E-state index in [0.717, 1.165) is 25.7 Å². The molecule has 0 radical (unpaired) electrons. The van der Waals surface area contributed by atoms with Crippen molar-refractivity contribution < 1.29 is 42.6 Å². The third kappa shape index (κ3) is 16.7. The predicted molar refractivity (Wildman–Crippen MR) is 296 cm³/mol. The summed E-state index contributed by atoms with van der Waals surface area (Å²) in [4.78, 5) is 24.0. The maximum Gasteiger partial charge on any atom is 0.305 e. The summed E-state index contributed by atoms with van der Waals surface area (Å²) in [5, 5.41) is 25.3. The van der Waals surface area contributed by atoms with Gasteiger partial charge in [-0.3, -0.25) is 9.59 Å². The molecular weight excluding hydrogens is 925 g/mol. The van der Waals surface area contributed by atoms with Crippen molar-refractivity contribution >= 4 is 57.6 Å². The Kier molecular flexibility index (Phi) is 23.7. The molecule has 388 valence electrons. The summed E-state index contributed by atoms with van der Waals surface area (Å²) in [6.45, 7) is 27.3. The second-order valence-electron chi connectivity index (χ2n) is 22.2. The first-order chi connectivity index (χ1) is 32.9. The fourth-order valence-electron chi connectivity index (χ4n) is 10.1. The number of aliphatic hydroxyl groups excluding tert-OH is 1. The lowest BCUT2D eigenvalue weighted by Gasteiger charge is -2.45. The molecule has 0 aliphatic rings. The SMILES string of the molecule is CCC(CC)(C[C@@H](CCC(=O)OC)CO[Si](c1ccccc1)(c1ccccc1)C(C)(C)C)O[Si](C)(C)C.CC[C@@](O)(CO)C[C@@H](CCC(=O)OC)CO[Si](c1ccccc1)(c1ccccc1)C(C)(C)C. The van der Waals surface area contributed by atoms with Gasteiger partial charge in [-0.15, -0.1) is 0 Å². The van der Waals surface area contributed by atoms with Gasteiger partial charge in [0.15, 0.2) is 8.32 Å². The molecule has 4 rings (SSSR count). The Bertz CT molecular complexity index is 2010. The number of carbonyl (C=O) groups excluding carboxylic acids is 2. The number of methoxy groups -OCH3 is 2. The zero-order valence-electron chi connectivity index (χ0n) is 45.4. The van der Waals surface area contributed by atoms with Crippen LogP contribution in [0.1, 0.15) is 120 Å². The topological polar surface area (TPSA) is 121 Å². The van der Waals surface area contributed by atoms with Crippen molar-refractivity contribution in [1.29, 1.82) is 0 Å². The number of hydrogen-bond acceptors (Lipinski definition) is 9. The van der Waals surface area contributed by atoms with E-state index in [4.69, 9.17) is 22.8 Å². The first-order valence-electron chi connectivity index (χ1n) is 25.6. The van der Waals surface area contributed by atoms with Crippen LogP contribution >= 0.6 is 0 Å². The van der Waals surface area contributed by atoms with Gasteiger partial charge < -0.3 is 33.0 Å². The Balaban J connectivity index is 0.000000373. The average Bonchev–Trinajstić information content (AvgIpc) is 3.34. The van der Waals surface area contributed by atoms with E-state index < -0.39 is 30.6 Å². The lowest BCUT2D eigenvalue weighted by molar-refractivity contribution is -0.142. The quantitative estimate of drug-likeness (QED) is 0.0468. The summed E-state index contributed by atoms with van der Waals surface area (Å²) in [5.74, 6) is -0.380. The maximum atomic E-state index is 12.2. The number of esters is 2.